The van der Waals surface area contributed by atoms with Gasteiger partial charge in [0.1, 0.15) is 17.2 Å². The van der Waals surface area contributed by atoms with Crippen molar-refractivity contribution in [3.8, 4) is 67.5 Å². The molecule has 0 saturated carbocycles. The van der Waals surface area contributed by atoms with E-state index < -0.39 is 283 Å². The Morgan fingerprint density at radius 1 is 0.191 bits per heavy atom. The van der Waals surface area contributed by atoms with Crippen LogP contribution < -0.4 is 18.9 Å². The van der Waals surface area contributed by atoms with Crippen LogP contribution >= 0.6 is 63.7 Å². The number of methoxy groups -OCH3 is 4. The van der Waals surface area contributed by atoms with Gasteiger partial charge in [-0.2, -0.15) is 4.39 Å². The molecule has 0 aromatic heterocycles. The third-order valence-electron chi connectivity index (χ3n) is 22.6. The van der Waals surface area contributed by atoms with E-state index in [4.69, 9.17) is 14.2 Å². The molecule has 0 spiro atoms. The summed E-state index contributed by atoms with van der Waals surface area (Å²) in [6.45, 7) is 19.9. The molecule has 4 nitrogen and oxygen atoms in total. The van der Waals surface area contributed by atoms with Crippen LogP contribution in [-0.2, 0) is 21.7 Å². The molecule has 0 fully saturated rings. The molecule has 0 unspecified atom stereocenters. The van der Waals surface area contributed by atoms with Gasteiger partial charge in [0.25, 0.3) is 0 Å². The molecule has 712 valence electrons. The van der Waals surface area contributed by atoms with E-state index in [1.54, 1.807) is 48.7 Å². The molecule has 0 saturated heterocycles. The Morgan fingerprint density at radius 3 is 0.875 bits per heavy atom. The Morgan fingerprint density at radius 2 is 0.471 bits per heavy atom. The van der Waals surface area contributed by atoms with Gasteiger partial charge >= 0.3 is 0 Å². The summed E-state index contributed by atoms with van der Waals surface area (Å²) < 4.78 is 434. The number of fused-ring (bicyclic) bond motifs is 8. The predicted molar refractivity (Wildman–Crippen MR) is 478 cm³/mol. The van der Waals surface area contributed by atoms with Crippen LogP contribution in [0.4, 0.5) is 123 Å². The molecule has 0 heterocycles. The van der Waals surface area contributed by atoms with Gasteiger partial charge in [0.2, 0.25) is 5.82 Å². The molecule has 0 aliphatic heterocycles. The second-order valence-corrected chi connectivity index (χ2v) is 38.4. The zero-order valence-corrected chi connectivity index (χ0v) is 79.3. The quantitative estimate of drug-likeness (QED) is 0.0863. The van der Waals surface area contributed by atoms with E-state index in [1.165, 1.54) is 38.7 Å². The molecular weight excluding hydrogens is 2120 g/mol. The van der Waals surface area contributed by atoms with Gasteiger partial charge < -0.3 is 18.9 Å². The number of halogens is 32. The molecule has 0 aliphatic rings. The lowest BCUT2D eigenvalue weighted by atomic mass is 9.77. The minimum Gasteiger partial charge on any atom is -0.496 e. The first kappa shape index (κ1) is 102. The zero-order valence-electron chi connectivity index (χ0n) is 73.0. The number of ether oxygens (including phenoxy) is 4. The Bertz CT molecular complexity index is 7850. The van der Waals surface area contributed by atoms with Gasteiger partial charge in [-0.1, -0.05) is 176 Å². The topological polar surface area (TPSA) is 36.9 Å². The summed E-state index contributed by atoms with van der Waals surface area (Å²) >= 11 is 14.0. The van der Waals surface area contributed by atoms with Crippen LogP contribution in [-0.4, -0.2) is 28.4 Å². The van der Waals surface area contributed by atoms with Crippen molar-refractivity contribution in [3.05, 3.63) is 300 Å². The molecule has 0 atom stereocenters. The predicted octanol–water partition coefficient (Wildman–Crippen LogP) is 34.8. The van der Waals surface area contributed by atoms with Crippen LogP contribution in [0.1, 0.15) is 105 Å². The minimum absolute atomic E-state index is 0.0490. The van der Waals surface area contributed by atoms with E-state index in [0.717, 1.165) is 85.6 Å². The molecule has 0 radical (unpaired) electrons. The van der Waals surface area contributed by atoms with Crippen molar-refractivity contribution in [1.29, 1.82) is 0 Å². The lowest BCUT2D eigenvalue weighted by Gasteiger charge is -2.28. The fourth-order valence-electron chi connectivity index (χ4n) is 17.0. The molecule has 16 aromatic rings. The van der Waals surface area contributed by atoms with Gasteiger partial charge in [0.15, 0.2) is 163 Å². The fraction of sp³-hybridized carbons (Fsp3) is 0.200. The van der Waals surface area contributed by atoms with Crippen molar-refractivity contribution in [2.75, 3.05) is 28.4 Å². The van der Waals surface area contributed by atoms with E-state index in [0.29, 0.717) is 7.11 Å². The smallest absolute Gasteiger partial charge is 0.202 e. The van der Waals surface area contributed by atoms with Crippen molar-refractivity contribution in [3.63, 3.8) is 0 Å². The maximum Gasteiger partial charge on any atom is 0.202 e. The summed E-state index contributed by atoms with van der Waals surface area (Å²) in [5, 5.41) is -8.58. The first-order valence-corrected chi connectivity index (χ1v) is 43.0. The average Bonchev–Trinajstić information content (AvgIpc) is 0.703. The van der Waals surface area contributed by atoms with Gasteiger partial charge in [-0.05, 0) is 134 Å². The normalized spacial score (nSPS) is 12.1. The van der Waals surface area contributed by atoms with Crippen molar-refractivity contribution >= 4 is 150 Å². The molecule has 0 amide bonds. The van der Waals surface area contributed by atoms with E-state index in [9.17, 15) is 83.4 Å². The highest BCUT2D eigenvalue weighted by Crippen LogP contribution is 2.58. The van der Waals surface area contributed by atoms with E-state index in [-0.39, 0.29) is 42.5 Å². The number of hydrogen-bond acceptors (Lipinski definition) is 4. The Hall–Kier alpha value is -11.2. The molecule has 136 heavy (non-hydrogen) atoms. The summed E-state index contributed by atoms with van der Waals surface area (Å²) in [6, 6.07) is 27.7. The second-order valence-electron chi connectivity index (χ2n) is 35.0. The Labute approximate surface area is 787 Å². The molecule has 16 rings (SSSR count). The summed E-state index contributed by atoms with van der Waals surface area (Å²) in [5.74, 6) is -61.3. The lowest BCUT2D eigenvalue weighted by molar-refractivity contribution is 0.372. The second kappa shape index (κ2) is 36.9. The van der Waals surface area contributed by atoms with E-state index in [2.05, 4.69) is 150 Å². The highest BCUT2D eigenvalue weighted by Gasteiger charge is 2.43. The van der Waals surface area contributed by atoms with Gasteiger partial charge in [-0.25, -0.2) is 119 Å². The van der Waals surface area contributed by atoms with E-state index in [1.807, 2.05) is 0 Å². The standard InChI is InChI=1S/C25H14Br2F8O.C25H22Br2O.C25H12F12O.C25H16F8O/c1-25(2,3)15-9(26)5-7-11(18(30)22(34)20(32)16(7)28)13(15)14-12-8(6-10(27)24(14)36-4)17(29)21(33)23(35)19(12)31;1-25(2,3)23-19(26)13-15-9-5-7-11-17(15)21(23)22-18-12-8-6-10-16(18)14-20(27)24(22)28-4;1-25(2,3)11-5(6-9(14(28)18(11)32)15(29)21(35)19(33)12(6)26)8-7-10(17(31)23(37)24(8)38-4)16(30)22(36)20(34)13(7)27;1-25(2,3)11-7-5-9-13(19(28)23(32)21(30)17(9)26)15(11)16-12(34-4)8-6-10-14(16)20(29)24(33)22(31)18(10)27/h5-6H,1-4H3;5-14H,1-4H3;1-4H3;5-8H,1-4H3. The summed E-state index contributed by atoms with van der Waals surface area (Å²) in [5.41, 5.74) is -5.53. The first-order chi connectivity index (χ1) is 63.3. The lowest BCUT2D eigenvalue weighted by Crippen LogP contribution is -2.19. The molecule has 16 aromatic carbocycles. The van der Waals surface area contributed by atoms with Crippen LogP contribution in [0.15, 0.2) is 115 Å². The highest BCUT2D eigenvalue weighted by molar-refractivity contribution is 9.11. The Balaban J connectivity index is 0.000000154. The number of benzene rings is 16. The Kier molecular flexibility index (Phi) is 27.7. The van der Waals surface area contributed by atoms with Gasteiger partial charge in [-0.3, -0.25) is 0 Å². The van der Waals surface area contributed by atoms with Crippen LogP contribution in [0.25, 0.3) is 131 Å². The molecule has 0 N–H and O–H groups in total. The fourth-order valence-corrected chi connectivity index (χ4v) is 20.2. The zero-order chi connectivity index (χ0) is 101. The average molecular weight is 2180 g/mol. The molecule has 0 bridgehead atoms. The van der Waals surface area contributed by atoms with Gasteiger partial charge in [-0.15, -0.1) is 0 Å². The third kappa shape index (κ3) is 16.4. The van der Waals surface area contributed by atoms with Crippen LogP contribution in [0.3, 0.4) is 0 Å². The monoisotopic (exact) mass is 2180 g/mol. The first-order valence-electron chi connectivity index (χ1n) is 39.8. The SMILES string of the molecule is COc1c(Br)cc2c(F)c(F)c(F)c(F)c2c1-c1c(C(C)(C)C)c(Br)cc2c(F)c(F)c(F)c(F)c12.COc1c(Br)cc2ccccc2c1-c1c(C(C)(C)C)c(Br)cc2ccccc12.COc1c(F)c(F)c2c(F)c(F)c(F)c(F)c2c1-c1c(C(C)(C)C)c(F)c(F)c2c(F)c(F)c(F)c(F)c12.COc1ccc2c(F)c(F)c(F)c(F)c2c1-c1c(C(C)(C)C)ccc2c(F)c(F)c(F)c(F)c12. The maximum absolute atomic E-state index is 15.5. The minimum atomic E-state index is -2.60. The van der Waals surface area contributed by atoms with Crippen molar-refractivity contribution < 1.29 is 142 Å². The number of hydrogen-bond donors (Lipinski definition) is 0. The van der Waals surface area contributed by atoms with Gasteiger partial charge in [0, 0.05) is 107 Å². The van der Waals surface area contributed by atoms with Crippen LogP contribution in [0.2, 0.25) is 0 Å². The summed E-state index contributed by atoms with van der Waals surface area (Å²) in [7, 11) is 4.57. The van der Waals surface area contributed by atoms with Crippen molar-refractivity contribution in [1.82, 2.24) is 0 Å². The van der Waals surface area contributed by atoms with Crippen molar-refractivity contribution in [2.24, 2.45) is 0 Å². The summed E-state index contributed by atoms with van der Waals surface area (Å²) in [4.78, 5) is 0. The molecule has 0 aliphatic carbocycles. The maximum atomic E-state index is 15.5. The van der Waals surface area contributed by atoms with Crippen molar-refractivity contribution in [2.45, 2.75) is 105 Å². The summed E-state index contributed by atoms with van der Waals surface area (Å²) in [6.07, 6.45) is 0. The number of rotatable bonds is 8. The van der Waals surface area contributed by atoms with E-state index >= 15 is 39.5 Å². The third-order valence-corrected chi connectivity index (χ3v) is 25.1. The van der Waals surface area contributed by atoms with Crippen LogP contribution in [0.5, 0.6) is 23.0 Å². The molecular formula is C100H64Br4F28O4. The van der Waals surface area contributed by atoms with Gasteiger partial charge in [0.05, 0.1) is 48.2 Å². The highest BCUT2D eigenvalue weighted by atomic mass is 79.9. The van der Waals surface area contributed by atoms with Crippen LogP contribution in [0, 0.1) is 163 Å². The largest absolute Gasteiger partial charge is 0.496 e. The molecule has 36 heteroatoms.